The highest BCUT2D eigenvalue weighted by molar-refractivity contribution is 5.85. The van der Waals surface area contributed by atoms with Crippen LogP contribution in [0.25, 0.3) is 0 Å². The van der Waals surface area contributed by atoms with Crippen LogP contribution in [0.3, 0.4) is 0 Å². The fraction of sp³-hybridized carbons (Fsp3) is 0.750. The molecule has 1 aromatic heterocycles. The van der Waals surface area contributed by atoms with Gasteiger partial charge in [0.15, 0.2) is 0 Å². The second-order valence-corrected chi connectivity index (χ2v) is 6.55. The number of nitrogens with two attached hydrogens (primary N) is 1. The molecule has 2 aliphatic heterocycles. The predicted molar refractivity (Wildman–Crippen MR) is 97.8 cm³/mol. The van der Waals surface area contributed by atoms with E-state index in [9.17, 15) is 4.79 Å². The molecule has 0 bridgehead atoms. The number of likely N-dealkylation sites (tertiary alicyclic amines) is 1. The van der Waals surface area contributed by atoms with E-state index in [1.807, 2.05) is 22.7 Å². The summed E-state index contributed by atoms with van der Waals surface area (Å²) in [6, 6.07) is -0.115. The van der Waals surface area contributed by atoms with Crippen molar-refractivity contribution in [3.8, 4) is 0 Å². The number of carbonyl (C=O) groups excluding carboxylic acids is 1. The second-order valence-electron chi connectivity index (χ2n) is 6.55. The first-order valence-corrected chi connectivity index (χ1v) is 8.28. The van der Waals surface area contributed by atoms with Crippen LogP contribution < -0.4 is 5.73 Å². The van der Waals surface area contributed by atoms with E-state index in [1.165, 1.54) is 0 Å². The third kappa shape index (κ3) is 4.85. The maximum Gasteiger partial charge on any atom is 0.239 e. The van der Waals surface area contributed by atoms with Gasteiger partial charge in [-0.3, -0.25) is 9.48 Å². The van der Waals surface area contributed by atoms with Crippen LogP contribution in [-0.2, 0) is 9.53 Å². The summed E-state index contributed by atoms with van der Waals surface area (Å²) in [6.45, 7) is 5.02. The van der Waals surface area contributed by atoms with E-state index in [-0.39, 0.29) is 48.7 Å². The number of amides is 1. The molecule has 3 rings (SSSR count). The third-order valence-electron chi connectivity index (χ3n) is 4.87. The van der Waals surface area contributed by atoms with E-state index in [0.29, 0.717) is 0 Å². The first-order chi connectivity index (χ1) is 10.6. The minimum atomic E-state index is -0.387. The summed E-state index contributed by atoms with van der Waals surface area (Å²) in [6.07, 6.45) is 7.78. The molecule has 2 aliphatic rings. The van der Waals surface area contributed by atoms with Gasteiger partial charge in [0.05, 0.1) is 18.3 Å². The van der Waals surface area contributed by atoms with Crippen molar-refractivity contribution in [2.24, 2.45) is 11.7 Å². The molecule has 24 heavy (non-hydrogen) atoms. The zero-order chi connectivity index (χ0) is 15.5. The Balaban J connectivity index is 0.00000144. The number of piperidine rings is 1. The van der Waals surface area contributed by atoms with Crippen molar-refractivity contribution < 1.29 is 9.53 Å². The molecule has 3 heterocycles. The Bertz CT molecular complexity index is 520. The van der Waals surface area contributed by atoms with Crippen molar-refractivity contribution in [1.29, 1.82) is 0 Å². The normalized spacial score (nSPS) is 23.1. The highest BCUT2D eigenvalue weighted by Gasteiger charge is 2.32. The first kappa shape index (κ1) is 21.2. The fourth-order valence-electron chi connectivity index (χ4n) is 3.49. The molecule has 2 N–H and O–H groups in total. The van der Waals surface area contributed by atoms with Gasteiger partial charge in [-0.25, -0.2) is 0 Å². The lowest BCUT2D eigenvalue weighted by Gasteiger charge is -2.36. The first-order valence-electron chi connectivity index (χ1n) is 8.28. The average molecular weight is 379 g/mol. The number of halogens is 2. The lowest BCUT2D eigenvalue weighted by atomic mass is 9.91. The molecule has 6 nitrogen and oxygen atoms in total. The van der Waals surface area contributed by atoms with Crippen LogP contribution in [0.4, 0.5) is 0 Å². The quantitative estimate of drug-likeness (QED) is 0.871. The van der Waals surface area contributed by atoms with Gasteiger partial charge in [0.1, 0.15) is 0 Å². The molecule has 2 atom stereocenters. The Morgan fingerprint density at radius 3 is 2.67 bits per heavy atom. The molecule has 0 spiro atoms. The number of hydrogen-bond acceptors (Lipinski definition) is 4. The number of aromatic nitrogens is 2. The van der Waals surface area contributed by atoms with Crippen molar-refractivity contribution in [2.75, 3.05) is 26.3 Å². The standard InChI is InChI=1S/C16H26N4O2.2ClH/c1-12-9-18-20(10-12)14-3-2-6-19(11-14)16(21)15(17)13-4-7-22-8-5-13;;/h9-10,13-15H,2-8,11,17H2,1H3;2*1H. The Hall–Kier alpha value is -0.820. The van der Waals surface area contributed by atoms with Gasteiger partial charge in [0, 0.05) is 32.5 Å². The minimum absolute atomic E-state index is 0. The average Bonchev–Trinajstić information content (AvgIpc) is 3.01. The van der Waals surface area contributed by atoms with Crippen LogP contribution >= 0.6 is 24.8 Å². The molecule has 0 radical (unpaired) electrons. The largest absolute Gasteiger partial charge is 0.381 e. The van der Waals surface area contributed by atoms with Crippen molar-refractivity contribution in [2.45, 2.75) is 44.7 Å². The lowest BCUT2D eigenvalue weighted by molar-refractivity contribution is -0.136. The maximum atomic E-state index is 12.7. The zero-order valence-electron chi connectivity index (χ0n) is 14.1. The maximum absolute atomic E-state index is 12.7. The fourth-order valence-corrected chi connectivity index (χ4v) is 3.49. The summed E-state index contributed by atoms with van der Waals surface area (Å²) >= 11 is 0. The van der Waals surface area contributed by atoms with E-state index in [2.05, 4.69) is 11.3 Å². The highest BCUT2D eigenvalue weighted by Crippen LogP contribution is 2.24. The van der Waals surface area contributed by atoms with Gasteiger partial charge in [-0.15, -0.1) is 24.8 Å². The summed E-state index contributed by atoms with van der Waals surface area (Å²) in [5, 5.41) is 4.40. The molecule has 1 aromatic rings. The van der Waals surface area contributed by atoms with Crippen molar-refractivity contribution >= 4 is 30.7 Å². The summed E-state index contributed by atoms with van der Waals surface area (Å²) in [4.78, 5) is 14.6. The molecule has 1 amide bonds. The minimum Gasteiger partial charge on any atom is -0.381 e. The van der Waals surface area contributed by atoms with E-state index < -0.39 is 0 Å². The third-order valence-corrected chi connectivity index (χ3v) is 4.87. The van der Waals surface area contributed by atoms with Crippen LogP contribution in [0.15, 0.2) is 12.4 Å². The van der Waals surface area contributed by atoms with Crippen LogP contribution in [0.2, 0.25) is 0 Å². The summed E-state index contributed by atoms with van der Waals surface area (Å²) in [5.74, 6) is 0.356. The van der Waals surface area contributed by atoms with Crippen molar-refractivity contribution in [1.82, 2.24) is 14.7 Å². The van der Waals surface area contributed by atoms with Gasteiger partial charge in [-0.2, -0.15) is 5.10 Å². The molecule has 2 unspecified atom stereocenters. The van der Waals surface area contributed by atoms with E-state index in [1.54, 1.807) is 0 Å². The Morgan fingerprint density at radius 2 is 2.04 bits per heavy atom. The molecule has 0 aromatic carbocycles. The number of carbonyl (C=O) groups is 1. The monoisotopic (exact) mass is 378 g/mol. The van der Waals surface area contributed by atoms with E-state index in [0.717, 1.165) is 57.6 Å². The smallest absolute Gasteiger partial charge is 0.239 e. The van der Waals surface area contributed by atoms with Crippen LogP contribution in [0, 0.1) is 12.8 Å². The number of nitrogens with zero attached hydrogens (tertiary/aromatic N) is 3. The molecule has 138 valence electrons. The van der Waals surface area contributed by atoms with Crippen LogP contribution in [-0.4, -0.2) is 52.9 Å². The lowest BCUT2D eigenvalue weighted by Crippen LogP contribution is -2.52. The number of hydrogen-bond donors (Lipinski definition) is 1. The number of ether oxygens (including phenoxy) is 1. The van der Waals surface area contributed by atoms with Gasteiger partial charge < -0.3 is 15.4 Å². The molecule has 0 saturated carbocycles. The molecule has 2 fully saturated rings. The number of aryl methyl sites for hydroxylation is 1. The highest BCUT2D eigenvalue weighted by atomic mass is 35.5. The van der Waals surface area contributed by atoms with Crippen LogP contribution in [0.5, 0.6) is 0 Å². The molecule has 0 aliphatic carbocycles. The van der Waals surface area contributed by atoms with Crippen LogP contribution in [0.1, 0.15) is 37.3 Å². The van der Waals surface area contributed by atoms with Gasteiger partial charge >= 0.3 is 0 Å². The van der Waals surface area contributed by atoms with Gasteiger partial charge in [-0.1, -0.05) is 0 Å². The predicted octanol–water partition coefficient (Wildman–Crippen LogP) is 1.95. The molecular formula is C16H28Cl2N4O2. The molecule has 8 heteroatoms. The van der Waals surface area contributed by atoms with Crippen molar-refractivity contribution in [3.05, 3.63) is 18.0 Å². The Morgan fingerprint density at radius 1 is 1.33 bits per heavy atom. The van der Waals surface area contributed by atoms with Gasteiger partial charge in [0.2, 0.25) is 5.91 Å². The van der Waals surface area contributed by atoms with E-state index in [4.69, 9.17) is 10.5 Å². The zero-order valence-corrected chi connectivity index (χ0v) is 15.7. The van der Waals surface area contributed by atoms with E-state index >= 15 is 0 Å². The summed E-state index contributed by atoms with van der Waals surface area (Å²) in [7, 11) is 0. The topological polar surface area (TPSA) is 73.4 Å². The molecule has 2 saturated heterocycles. The summed E-state index contributed by atoms with van der Waals surface area (Å²) < 4.78 is 7.36. The Labute approximate surface area is 155 Å². The SMILES string of the molecule is Cc1cnn(C2CCCN(C(=O)C(N)C3CCOCC3)C2)c1.Cl.Cl. The van der Waals surface area contributed by atoms with Gasteiger partial charge in [0.25, 0.3) is 0 Å². The Kier molecular flexibility index (Phi) is 8.50. The number of rotatable bonds is 3. The second kappa shape index (κ2) is 9.61. The van der Waals surface area contributed by atoms with Gasteiger partial charge in [-0.05, 0) is 44.1 Å². The van der Waals surface area contributed by atoms with Crippen molar-refractivity contribution in [3.63, 3.8) is 0 Å². The molecular weight excluding hydrogens is 351 g/mol. The summed E-state index contributed by atoms with van der Waals surface area (Å²) in [5.41, 5.74) is 7.40.